The molecule has 1 aromatic rings. The summed E-state index contributed by atoms with van der Waals surface area (Å²) in [4.78, 5) is 12.5. The van der Waals surface area contributed by atoms with Crippen LogP contribution in [0.5, 0.6) is 0 Å². The molecule has 4 nitrogen and oxygen atoms in total. The molecule has 3 rings (SSSR count). The van der Waals surface area contributed by atoms with Crippen molar-refractivity contribution in [3.63, 3.8) is 0 Å². The van der Waals surface area contributed by atoms with E-state index >= 15 is 0 Å². The van der Waals surface area contributed by atoms with Gasteiger partial charge in [0.15, 0.2) is 0 Å². The van der Waals surface area contributed by atoms with Crippen molar-refractivity contribution in [2.24, 2.45) is 5.92 Å². The summed E-state index contributed by atoms with van der Waals surface area (Å²) in [5.41, 5.74) is 3.02. The Bertz CT molecular complexity index is 501. The summed E-state index contributed by atoms with van der Waals surface area (Å²) in [5.74, 6) is 0.229. The summed E-state index contributed by atoms with van der Waals surface area (Å²) in [6.07, 6.45) is 5.10. The third-order valence-electron chi connectivity index (χ3n) is 4.55. The third-order valence-corrected chi connectivity index (χ3v) is 4.55. The van der Waals surface area contributed by atoms with Crippen LogP contribution in [0.3, 0.4) is 0 Å². The first-order valence-electron chi connectivity index (χ1n) is 7.57. The molecule has 3 N–H and O–H groups in total. The Morgan fingerprint density at radius 2 is 2.25 bits per heavy atom. The minimum Gasteiger partial charge on any atom is -0.396 e. The van der Waals surface area contributed by atoms with Gasteiger partial charge in [-0.2, -0.15) is 0 Å². The van der Waals surface area contributed by atoms with Gasteiger partial charge in [0, 0.05) is 36.4 Å². The Hall–Kier alpha value is -1.55. The number of rotatable bonds is 3. The molecule has 2 aliphatic rings. The first-order chi connectivity index (χ1) is 9.79. The largest absolute Gasteiger partial charge is 0.396 e. The minimum absolute atomic E-state index is 0.0101. The fraction of sp³-hybridized carbons (Fsp3) is 0.562. The summed E-state index contributed by atoms with van der Waals surface area (Å²) in [5, 5.41) is 15.8. The molecule has 1 fully saturated rings. The molecule has 0 aromatic heterocycles. The number of anilines is 1. The molecule has 1 aliphatic carbocycles. The molecular weight excluding hydrogens is 252 g/mol. The van der Waals surface area contributed by atoms with Crippen LogP contribution in [0.15, 0.2) is 18.2 Å². The van der Waals surface area contributed by atoms with E-state index in [1.807, 2.05) is 18.2 Å². The van der Waals surface area contributed by atoms with Gasteiger partial charge >= 0.3 is 0 Å². The second kappa shape index (κ2) is 5.83. The van der Waals surface area contributed by atoms with Gasteiger partial charge in [-0.1, -0.05) is 12.5 Å². The smallest absolute Gasteiger partial charge is 0.251 e. The number of amides is 1. The van der Waals surface area contributed by atoms with Gasteiger partial charge < -0.3 is 15.7 Å². The summed E-state index contributed by atoms with van der Waals surface area (Å²) in [7, 11) is 0. The molecule has 2 unspecified atom stereocenters. The van der Waals surface area contributed by atoms with Gasteiger partial charge in [0.05, 0.1) is 0 Å². The number of hydrogen-bond donors (Lipinski definition) is 3. The number of nitrogens with one attached hydrogen (secondary N) is 2. The maximum atomic E-state index is 12.5. The van der Waals surface area contributed by atoms with Crippen molar-refractivity contribution in [3.05, 3.63) is 29.3 Å². The lowest BCUT2D eigenvalue weighted by atomic mass is 9.96. The van der Waals surface area contributed by atoms with Gasteiger partial charge in [-0.15, -0.1) is 0 Å². The molecule has 2 atom stereocenters. The van der Waals surface area contributed by atoms with Crippen molar-refractivity contribution < 1.29 is 9.90 Å². The SMILES string of the molecule is O=C(NC1CCCC1CO)c1cccc2c1CCCN2. The normalized spacial score (nSPS) is 24.9. The van der Waals surface area contributed by atoms with Crippen LogP contribution >= 0.6 is 0 Å². The summed E-state index contributed by atoms with van der Waals surface area (Å²) in [6, 6.07) is 6.01. The van der Waals surface area contributed by atoms with E-state index in [1.165, 1.54) is 0 Å². The number of carbonyl (C=O) groups is 1. The first kappa shape index (κ1) is 13.4. The Kier molecular flexibility index (Phi) is 3.92. The van der Waals surface area contributed by atoms with Crippen molar-refractivity contribution in [1.29, 1.82) is 0 Å². The zero-order chi connectivity index (χ0) is 13.9. The van der Waals surface area contributed by atoms with Crippen LogP contribution in [-0.2, 0) is 6.42 Å². The number of aliphatic hydroxyl groups excluding tert-OH is 1. The number of fused-ring (bicyclic) bond motifs is 1. The van der Waals surface area contributed by atoms with Crippen LogP contribution in [0, 0.1) is 5.92 Å². The molecule has 0 spiro atoms. The second-order valence-electron chi connectivity index (χ2n) is 5.82. The van der Waals surface area contributed by atoms with E-state index in [2.05, 4.69) is 10.6 Å². The molecule has 0 saturated heterocycles. The molecule has 1 saturated carbocycles. The molecule has 4 heteroatoms. The van der Waals surface area contributed by atoms with Gasteiger partial charge in [0.1, 0.15) is 0 Å². The zero-order valence-corrected chi connectivity index (χ0v) is 11.7. The van der Waals surface area contributed by atoms with E-state index in [0.29, 0.717) is 0 Å². The quantitative estimate of drug-likeness (QED) is 0.789. The number of benzene rings is 1. The highest BCUT2D eigenvalue weighted by Gasteiger charge is 2.29. The van der Waals surface area contributed by atoms with Crippen molar-refractivity contribution >= 4 is 11.6 Å². The highest BCUT2D eigenvalue weighted by Crippen LogP contribution is 2.28. The van der Waals surface area contributed by atoms with E-state index in [0.717, 1.165) is 55.5 Å². The lowest BCUT2D eigenvalue weighted by Crippen LogP contribution is -2.39. The average Bonchev–Trinajstić information content (AvgIpc) is 2.93. The summed E-state index contributed by atoms with van der Waals surface area (Å²) < 4.78 is 0. The number of aliphatic hydroxyl groups is 1. The van der Waals surface area contributed by atoms with Gasteiger partial charge in [0.2, 0.25) is 0 Å². The van der Waals surface area contributed by atoms with Crippen molar-refractivity contribution in [1.82, 2.24) is 5.32 Å². The molecule has 1 aromatic carbocycles. The summed E-state index contributed by atoms with van der Waals surface area (Å²) >= 11 is 0. The Morgan fingerprint density at radius 1 is 1.35 bits per heavy atom. The van der Waals surface area contributed by atoms with Gasteiger partial charge in [0.25, 0.3) is 5.91 Å². The highest BCUT2D eigenvalue weighted by molar-refractivity contribution is 5.97. The average molecular weight is 274 g/mol. The van der Waals surface area contributed by atoms with E-state index in [1.54, 1.807) is 0 Å². The molecule has 0 radical (unpaired) electrons. The number of carbonyl (C=O) groups excluding carboxylic acids is 1. The Balaban J connectivity index is 1.77. The van der Waals surface area contributed by atoms with Crippen LogP contribution in [0.2, 0.25) is 0 Å². The topological polar surface area (TPSA) is 61.4 Å². The van der Waals surface area contributed by atoms with E-state index in [4.69, 9.17) is 0 Å². The lowest BCUT2D eigenvalue weighted by Gasteiger charge is -2.23. The Morgan fingerprint density at radius 3 is 3.10 bits per heavy atom. The molecule has 20 heavy (non-hydrogen) atoms. The minimum atomic E-state index is 0.0101. The predicted octanol–water partition coefficient (Wildman–Crippen LogP) is 1.94. The fourth-order valence-electron chi connectivity index (χ4n) is 3.41. The maximum Gasteiger partial charge on any atom is 0.251 e. The van der Waals surface area contributed by atoms with Crippen LogP contribution in [0.4, 0.5) is 5.69 Å². The monoisotopic (exact) mass is 274 g/mol. The molecule has 1 amide bonds. The molecule has 108 valence electrons. The third kappa shape index (κ3) is 2.52. The van der Waals surface area contributed by atoms with Gasteiger partial charge in [-0.3, -0.25) is 4.79 Å². The second-order valence-corrected chi connectivity index (χ2v) is 5.82. The Labute approximate surface area is 119 Å². The predicted molar refractivity (Wildman–Crippen MR) is 78.9 cm³/mol. The maximum absolute atomic E-state index is 12.5. The van der Waals surface area contributed by atoms with Gasteiger partial charge in [-0.05, 0) is 43.4 Å². The van der Waals surface area contributed by atoms with Crippen LogP contribution in [-0.4, -0.2) is 30.2 Å². The first-order valence-corrected chi connectivity index (χ1v) is 7.57. The van der Waals surface area contributed by atoms with E-state index in [9.17, 15) is 9.90 Å². The lowest BCUT2D eigenvalue weighted by molar-refractivity contribution is 0.0915. The van der Waals surface area contributed by atoms with Crippen LogP contribution in [0.1, 0.15) is 41.6 Å². The van der Waals surface area contributed by atoms with Crippen molar-refractivity contribution in [2.75, 3.05) is 18.5 Å². The standard InChI is InChI=1S/C16H22N2O2/c19-10-11-4-1-7-14(11)18-16(20)13-5-2-8-15-12(13)6-3-9-17-15/h2,5,8,11,14,17,19H,1,3-4,6-7,9-10H2,(H,18,20). The number of hydrogen-bond acceptors (Lipinski definition) is 3. The van der Waals surface area contributed by atoms with E-state index < -0.39 is 0 Å². The molecule has 1 heterocycles. The van der Waals surface area contributed by atoms with E-state index in [-0.39, 0.29) is 24.5 Å². The summed E-state index contributed by atoms with van der Waals surface area (Å²) in [6.45, 7) is 1.15. The van der Waals surface area contributed by atoms with Gasteiger partial charge in [-0.25, -0.2) is 0 Å². The molecule has 1 aliphatic heterocycles. The molecular formula is C16H22N2O2. The fourth-order valence-corrected chi connectivity index (χ4v) is 3.41. The highest BCUT2D eigenvalue weighted by atomic mass is 16.3. The van der Waals surface area contributed by atoms with Crippen molar-refractivity contribution in [2.45, 2.75) is 38.1 Å². The van der Waals surface area contributed by atoms with Crippen LogP contribution < -0.4 is 10.6 Å². The van der Waals surface area contributed by atoms with Crippen LogP contribution in [0.25, 0.3) is 0 Å². The zero-order valence-electron chi connectivity index (χ0n) is 11.7. The van der Waals surface area contributed by atoms with Crippen molar-refractivity contribution in [3.8, 4) is 0 Å². The molecule has 0 bridgehead atoms.